The average molecular weight is 298 g/mol. The Morgan fingerprint density at radius 1 is 1.48 bits per heavy atom. The maximum Gasteiger partial charge on any atom is 0.307 e. The third-order valence-corrected chi connectivity index (χ3v) is 2.79. The van der Waals surface area contributed by atoms with Crippen LogP contribution in [0.25, 0.3) is 0 Å². The van der Waals surface area contributed by atoms with Crippen LogP contribution >= 0.6 is 0 Å². The number of hydrogen-bond donors (Lipinski definition) is 1. The van der Waals surface area contributed by atoms with Crippen molar-refractivity contribution in [2.75, 3.05) is 6.54 Å². The van der Waals surface area contributed by atoms with Gasteiger partial charge in [0.15, 0.2) is 0 Å². The molecule has 0 radical (unpaired) electrons. The molecule has 116 valence electrons. The van der Waals surface area contributed by atoms with E-state index in [0.717, 1.165) is 12.4 Å². The van der Waals surface area contributed by atoms with Crippen LogP contribution in [0.3, 0.4) is 0 Å². The summed E-state index contributed by atoms with van der Waals surface area (Å²) in [6, 6.07) is 0. The molecule has 0 unspecified atom stereocenters. The van der Waals surface area contributed by atoms with Gasteiger partial charge in [-0.25, -0.2) is 0 Å². The maximum absolute atomic E-state index is 12.3. The summed E-state index contributed by atoms with van der Waals surface area (Å²) in [7, 11) is 0. The lowest BCUT2D eigenvalue weighted by molar-refractivity contribution is -0.385. The molecular weight excluding hydrogens is 280 g/mol. The maximum atomic E-state index is 12.3. The number of aromatic nitrogens is 2. The lowest BCUT2D eigenvalue weighted by Crippen LogP contribution is -2.48. The molecule has 0 aliphatic heterocycles. The number of carbonyl (C=O) groups is 2. The highest BCUT2D eigenvalue weighted by molar-refractivity contribution is 5.77. The molecule has 0 bridgehead atoms. The molecule has 0 fully saturated rings. The van der Waals surface area contributed by atoms with Crippen molar-refractivity contribution in [2.24, 2.45) is 0 Å². The fraction of sp³-hybridized carbons (Fsp3) is 0.583. The number of rotatable bonds is 6. The van der Waals surface area contributed by atoms with Crippen LogP contribution in [0.2, 0.25) is 0 Å². The summed E-state index contributed by atoms with van der Waals surface area (Å²) in [5.41, 5.74) is -0.748. The first-order chi connectivity index (χ1) is 9.61. The molecule has 21 heavy (non-hydrogen) atoms. The number of carboxylic acids is 1. The van der Waals surface area contributed by atoms with E-state index in [2.05, 4.69) is 5.10 Å². The molecule has 0 atom stereocenters. The highest BCUT2D eigenvalue weighted by Crippen LogP contribution is 2.15. The quantitative estimate of drug-likeness (QED) is 0.615. The van der Waals surface area contributed by atoms with Gasteiger partial charge in [-0.2, -0.15) is 5.10 Å². The van der Waals surface area contributed by atoms with Crippen molar-refractivity contribution in [3.05, 3.63) is 22.5 Å². The second-order valence-electron chi connectivity index (χ2n) is 5.51. The standard InChI is InChI=1S/C12H18N4O5/c1-12(2,3)15(5-4-11(18)19)10(17)8-14-7-9(6-13-14)16(20)21/h6-7H,4-5,8H2,1-3H3,(H,18,19). The van der Waals surface area contributed by atoms with E-state index in [1.165, 1.54) is 9.58 Å². The highest BCUT2D eigenvalue weighted by atomic mass is 16.6. The van der Waals surface area contributed by atoms with Crippen LogP contribution in [0.4, 0.5) is 5.69 Å². The van der Waals surface area contributed by atoms with Gasteiger partial charge in [-0.15, -0.1) is 0 Å². The SMILES string of the molecule is CC(C)(C)N(CCC(=O)O)C(=O)Cn1cc([N+](=O)[O-])cn1. The van der Waals surface area contributed by atoms with Crippen molar-refractivity contribution < 1.29 is 19.6 Å². The van der Waals surface area contributed by atoms with Crippen LogP contribution in [-0.2, 0) is 16.1 Å². The van der Waals surface area contributed by atoms with Gasteiger partial charge in [0.05, 0.1) is 11.3 Å². The second kappa shape index (κ2) is 6.33. The Morgan fingerprint density at radius 3 is 2.52 bits per heavy atom. The number of hydrogen-bond acceptors (Lipinski definition) is 5. The normalized spacial score (nSPS) is 11.2. The zero-order valence-corrected chi connectivity index (χ0v) is 12.1. The van der Waals surface area contributed by atoms with Gasteiger partial charge in [-0.1, -0.05) is 0 Å². The van der Waals surface area contributed by atoms with E-state index in [0.29, 0.717) is 0 Å². The molecule has 0 aliphatic carbocycles. The molecule has 1 heterocycles. The van der Waals surface area contributed by atoms with Crippen LogP contribution < -0.4 is 0 Å². The Morgan fingerprint density at radius 2 is 2.10 bits per heavy atom. The van der Waals surface area contributed by atoms with Crippen LogP contribution in [0.1, 0.15) is 27.2 Å². The zero-order chi connectivity index (χ0) is 16.2. The van der Waals surface area contributed by atoms with Gasteiger partial charge in [-0.05, 0) is 20.8 Å². The first kappa shape index (κ1) is 16.6. The summed E-state index contributed by atoms with van der Waals surface area (Å²) in [5, 5.41) is 23.0. The molecule has 1 aromatic heterocycles. The molecule has 1 amide bonds. The van der Waals surface area contributed by atoms with Gasteiger partial charge < -0.3 is 10.0 Å². The first-order valence-electron chi connectivity index (χ1n) is 6.30. The Bertz CT molecular complexity index is 546. The third kappa shape index (κ3) is 4.86. The van der Waals surface area contributed by atoms with E-state index in [9.17, 15) is 19.7 Å². The minimum Gasteiger partial charge on any atom is -0.481 e. The van der Waals surface area contributed by atoms with Gasteiger partial charge in [0.25, 0.3) is 0 Å². The van der Waals surface area contributed by atoms with Gasteiger partial charge >= 0.3 is 11.7 Å². The lowest BCUT2D eigenvalue weighted by Gasteiger charge is -2.35. The van der Waals surface area contributed by atoms with Crippen molar-refractivity contribution in [1.29, 1.82) is 0 Å². The van der Waals surface area contributed by atoms with Crippen molar-refractivity contribution in [1.82, 2.24) is 14.7 Å². The molecule has 0 spiro atoms. The number of carboxylic acid groups (broad SMARTS) is 1. The monoisotopic (exact) mass is 298 g/mol. The fourth-order valence-corrected chi connectivity index (χ4v) is 1.80. The number of nitrogens with zero attached hydrogens (tertiary/aromatic N) is 4. The zero-order valence-electron chi connectivity index (χ0n) is 12.1. The summed E-state index contributed by atoms with van der Waals surface area (Å²) in [6.45, 7) is 5.26. The number of aliphatic carboxylic acids is 1. The molecule has 9 heteroatoms. The predicted octanol–water partition coefficient (Wildman–Crippen LogP) is 0.893. The van der Waals surface area contributed by atoms with Crippen LogP contribution in [-0.4, -0.2) is 48.7 Å². The largest absolute Gasteiger partial charge is 0.481 e. The minimum absolute atomic E-state index is 0.0705. The Balaban J connectivity index is 2.80. The van der Waals surface area contributed by atoms with Crippen molar-refractivity contribution >= 4 is 17.6 Å². The van der Waals surface area contributed by atoms with E-state index in [1.807, 2.05) is 0 Å². The van der Waals surface area contributed by atoms with Crippen molar-refractivity contribution in [3.8, 4) is 0 Å². The molecule has 0 saturated carbocycles. The van der Waals surface area contributed by atoms with E-state index in [-0.39, 0.29) is 31.1 Å². The first-order valence-corrected chi connectivity index (χ1v) is 6.30. The van der Waals surface area contributed by atoms with Crippen LogP contribution in [0.15, 0.2) is 12.4 Å². The van der Waals surface area contributed by atoms with Crippen molar-refractivity contribution in [2.45, 2.75) is 39.3 Å². The summed E-state index contributed by atoms with van der Waals surface area (Å²) >= 11 is 0. The van der Waals surface area contributed by atoms with Gasteiger partial charge in [-0.3, -0.25) is 24.4 Å². The number of amides is 1. The fourth-order valence-electron chi connectivity index (χ4n) is 1.80. The lowest BCUT2D eigenvalue weighted by atomic mass is 10.1. The van der Waals surface area contributed by atoms with E-state index >= 15 is 0 Å². The average Bonchev–Trinajstić information content (AvgIpc) is 2.75. The number of nitro groups is 1. The van der Waals surface area contributed by atoms with Crippen molar-refractivity contribution in [3.63, 3.8) is 0 Å². The van der Waals surface area contributed by atoms with E-state index < -0.39 is 16.4 Å². The Labute approximate surface area is 121 Å². The van der Waals surface area contributed by atoms with Gasteiger partial charge in [0.1, 0.15) is 18.9 Å². The topological polar surface area (TPSA) is 119 Å². The Hall–Kier alpha value is -2.45. The summed E-state index contributed by atoms with van der Waals surface area (Å²) < 4.78 is 1.17. The van der Waals surface area contributed by atoms with Gasteiger partial charge in [0.2, 0.25) is 5.91 Å². The molecule has 0 aromatic carbocycles. The summed E-state index contributed by atoms with van der Waals surface area (Å²) in [4.78, 5) is 34.3. The molecular formula is C12H18N4O5. The van der Waals surface area contributed by atoms with E-state index in [1.54, 1.807) is 20.8 Å². The summed E-state index contributed by atoms with van der Waals surface area (Å²) in [5.74, 6) is -1.34. The molecule has 9 nitrogen and oxygen atoms in total. The smallest absolute Gasteiger partial charge is 0.307 e. The second-order valence-corrected chi connectivity index (χ2v) is 5.51. The van der Waals surface area contributed by atoms with E-state index in [4.69, 9.17) is 5.11 Å². The highest BCUT2D eigenvalue weighted by Gasteiger charge is 2.27. The molecule has 1 aromatic rings. The third-order valence-electron chi connectivity index (χ3n) is 2.79. The molecule has 0 saturated heterocycles. The molecule has 1 rings (SSSR count). The number of carbonyl (C=O) groups excluding carboxylic acids is 1. The van der Waals surface area contributed by atoms with Crippen LogP contribution in [0, 0.1) is 10.1 Å². The molecule has 1 N–H and O–H groups in total. The van der Waals surface area contributed by atoms with Crippen LogP contribution in [0.5, 0.6) is 0 Å². The minimum atomic E-state index is -0.994. The predicted molar refractivity (Wildman–Crippen MR) is 72.6 cm³/mol. The molecule has 0 aliphatic rings. The summed E-state index contributed by atoms with van der Waals surface area (Å²) in [6.07, 6.45) is 2.06. The Kier molecular flexibility index (Phi) is 5.01. The van der Waals surface area contributed by atoms with Gasteiger partial charge in [0, 0.05) is 12.1 Å².